The van der Waals surface area contributed by atoms with Crippen molar-refractivity contribution in [1.29, 1.82) is 0 Å². The molecule has 0 atom stereocenters. The van der Waals surface area contributed by atoms with Gasteiger partial charge >= 0.3 is 0 Å². The highest BCUT2D eigenvalue weighted by molar-refractivity contribution is 9.10. The predicted octanol–water partition coefficient (Wildman–Crippen LogP) is 2.64. The van der Waals surface area contributed by atoms with Crippen molar-refractivity contribution >= 4 is 15.9 Å². The van der Waals surface area contributed by atoms with Crippen LogP contribution < -0.4 is 4.74 Å². The molecule has 0 aliphatic rings. The summed E-state index contributed by atoms with van der Waals surface area (Å²) in [6, 6.07) is 7.80. The summed E-state index contributed by atoms with van der Waals surface area (Å²) in [7, 11) is 1.66. The Morgan fingerprint density at radius 1 is 1.36 bits per heavy atom. The summed E-state index contributed by atoms with van der Waals surface area (Å²) >= 11 is 3.41. The summed E-state index contributed by atoms with van der Waals surface area (Å²) in [5.41, 5.74) is 0.972. The zero-order valence-corrected chi connectivity index (χ0v) is 9.23. The Kier molecular flexibility index (Phi) is 2.54. The molecule has 3 nitrogen and oxygen atoms in total. The van der Waals surface area contributed by atoms with E-state index in [1.165, 1.54) is 0 Å². The van der Waals surface area contributed by atoms with Gasteiger partial charge in [-0.1, -0.05) is 12.1 Å². The number of para-hydroxylation sites is 2. The number of methoxy groups -OCH3 is 1. The number of hydrogen-bond donors (Lipinski definition) is 0. The molecular weight excluding hydrogens is 244 g/mol. The van der Waals surface area contributed by atoms with E-state index in [0.29, 0.717) is 0 Å². The Balaban J connectivity index is 2.56. The van der Waals surface area contributed by atoms with E-state index < -0.39 is 0 Å². The number of imidazole rings is 1. The van der Waals surface area contributed by atoms with Gasteiger partial charge in [0.25, 0.3) is 0 Å². The second-order valence-electron chi connectivity index (χ2n) is 2.76. The molecule has 0 bridgehead atoms. The molecule has 4 heteroatoms. The van der Waals surface area contributed by atoms with E-state index in [2.05, 4.69) is 20.9 Å². The first-order valence-corrected chi connectivity index (χ1v) is 4.93. The molecule has 2 rings (SSSR count). The molecule has 1 heterocycles. The molecule has 1 aromatic carbocycles. The third-order valence-electron chi connectivity index (χ3n) is 1.94. The Hall–Kier alpha value is -1.29. The van der Waals surface area contributed by atoms with Crippen LogP contribution in [0.4, 0.5) is 0 Å². The predicted molar refractivity (Wildman–Crippen MR) is 57.8 cm³/mol. The van der Waals surface area contributed by atoms with E-state index in [4.69, 9.17) is 4.74 Å². The van der Waals surface area contributed by atoms with Crippen LogP contribution in [-0.4, -0.2) is 16.7 Å². The van der Waals surface area contributed by atoms with Crippen molar-refractivity contribution in [3.63, 3.8) is 0 Å². The Bertz CT molecular complexity index is 439. The van der Waals surface area contributed by atoms with Gasteiger partial charge in [0.15, 0.2) is 0 Å². The number of aromatic nitrogens is 2. The fourth-order valence-electron chi connectivity index (χ4n) is 1.28. The molecule has 0 N–H and O–H groups in total. The van der Waals surface area contributed by atoms with E-state index in [0.717, 1.165) is 16.0 Å². The highest BCUT2D eigenvalue weighted by atomic mass is 79.9. The fourth-order valence-corrected chi connectivity index (χ4v) is 1.69. The second-order valence-corrected chi connectivity index (χ2v) is 3.57. The molecule has 72 valence electrons. The van der Waals surface area contributed by atoms with Crippen LogP contribution in [0.15, 0.2) is 41.4 Å². The van der Waals surface area contributed by atoms with E-state index >= 15 is 0 Å². The maximum atomic E-state index is 5.25. The van der Waals surface area contributed by atoms with Crippen LogP contribution in [0.5, 0.6) is 5.75 Å². The lowest BCUT2D eigenvalue weighted by atomic mass is 10.3. The summed E-state index contributed by atoms with van der Waals surface area (Å²) in [6.45, 7) is 0. The summed E-state index contributed by atoms with van der Waals surface area (Å²) in [5, 5.41) is 0. The van der Waals surface area contributed by atoms with Crippen LogP contribution >= 0.6 is 15.9 Å². The molecule has 0 saturated heterocycles. The minimum atomic E-state index is 0.825. The van der Waals surface area contributed by atoms with Crippen LogP contribution in [-0.2, 0) is 0 Å². The van der Waals surface area contributed by atoms with Crippen LogP contribution in [0.25, 0.3) is 5.69 Å². The van der Waals surface area contributed by atoms with Crippen molar-refractivity contribution in [1.82, 2.24) is 9.55 Å². The first-order valence-electron chi connectivity index (χ1n) is 4.14. The average Bonchev–Trinajstić information content (AvgIpc) is 2.64. The van der Waals surface area contributed by atoms with Gasteiger partial charge in [-0.25, -0.2) is 4.98 Å². The minimum absolute atomic E-state index is 0.825. The fraction of sp³-hybridized carbons (Fsp3) is 0.100. The van der Waals surface area contributed by atoms with Crippen molar-refractivity contribution in [3.8, 4) is 11.4 Å². The molecule has 0 spiro atoms. The molecule has 0 aliphatic carbocycles. The number of rotatable bonds is 2. The van der Waals surface area contributed by atoms with E-state index in [1.54, 1.807) is 19.6 Å². The molecule has 0 aliphatic heterocycles. The molecule has 1 aromatic heterocycles. The standard InChI is InChI=1S/C10H9BrN2O/c1-14-9-5-3-2-4-8(9)13-7-12-6-10(13)11/h2-7H,1H3. The SMILES string of the molecule is COc1ccccc1-n1cncc1Br. The lowest BCUT2D eigenvalue weighted by molar-refractivity contribution is 0.412. The number of halogens is 1. The van der Waals surface area contributed by atoms with Gasteiger partial charge < -0.3 is 4.74 Å². The third-order valence-corrected chi connectivity index (χ3v) is 2.52. The van der Waals surface area contributed by atoms with Gasteiger partial charge in [-0.3, -0.25) is 4.57 Å². The minimum Gasteiger partial charge on any atom is -0.495 e. The van der Waals surface area contributed by atoms with Crippen LogP contribution in [0.1, 0.15) is 0 Å². The van der Waals surface area contributed by atoms with Crippen LogP contribution in [0.2, 0.25) is 0 Å². The van der Waals surface area contributed by atoms with Crippen molar-refractivity contribution in [2.75, 3.05) is 7.11 Å². The van der Waals surface area contributed by atoms with Gasteiger partial charge in [0.2, 0.25) is 0 Å². The van der Waals surface area contributed by atoms with E-state index in [-0.39, 0.29) is 0 Å². The quantitative estimate of drug-likeness (QED) is 0.822. The number of ether oxygens (including phenoxy) is 1. The highest BCUT2D eigenvalue weighted by Crippen LogP contribution is 2.25. The van der Waals surface area contributed by atoms with Crippen molar-refractivity contribution < 1.29 is 4.74 Å². The lowest BCUT2D eigenvalue weighted by Gasteiger charge is -2.09. The van der Waals surface area contributed by atoms with E-state index in [9.17, 15) is 0 Å². The molecule has 0 unspecified atom stereocenters. The van der Waals surface area contributed by atoms with Gasteiger partial charge in [-0.05, 0) is 28.1 Å². The average molecular weight is 253 g/mol. The first-order chi connectivity index (χ1) is 6.83. The lowest BCUT2D eigenvalue weighted by Crippen LogP contribution is -1.96. The zero-order valence-electron chi connectivity index (χ0n) is 7.64. The first kappa shape index (κ1) is 9.27. The van der Waals surface area contributed by atoms with Gasteiger partial charge in [0, 0.05) is 0 Å². The summed E-state index contributed by atoms with van der Waals surface area (Å²) in [5.74, 6) is 0.825. The maximum Gasteiger partial charge on any atom is 0.142 e. The van der Waals surface area contributed by atoms with Crippen LogP contribution in [0.3, 0.4) is 0 Å². The van der Waals surface area contributed by atoms with Crippen molar-refractivity contribution in [2.24, 2.45) is 0 Å². The molecule has 0 amide bonds. The van der Waals surface area contributed by atoms with Gasteiger partial charge in [0.05, 0.1) is 19.0 Å². The smallest absolute Gasteiger partial charge is 0.142 e. The van der Waals surface area contributed by atoms with Gasteiger partial charge in [-0.15, -0.1) is 0 Å². The zero-order chi connectivity index (χ0) is 9.97. The largest absolute Gasteiger partial charge is 0.495 e. The van der Waals surface area contributed by atoms with Crippen molar-refractivity contribution in [2.45, 2.75) is 0 Å². The second kappa shape index (κ2) is 3.84. The number of benzene rings is 1. The van der Waals surface area contributed by atoms with E-state index in [1.807, 2.05) is 28.8 Å². The number of nitrogens with zero attached hydrogens (tertiary/aromatic N) is 2. The maximum absolute atomic E-state index is 5.25. The Labute approximate surface area is 90.5 Å². The van der Waals surface area contributed by atoms with Gasteiger partial charge in [0.1, 0.15) is 16.7 Å². The third kappa shape index (κ3) is 1.53. The molecule has 14 heavy (non-hydrogen) atoms. The Morgan fingerprint density at radius 2 is 2.14 bits per heavy atom. The van der Waals surface area contributed by atoms with Gasteiger partial charge in [-0.2, -0.15) is 0 Å². The monoisotopic (exact) mass is 252 g/mol. The molecule has 0 fully saturated rings. The Morgan fingerprint density at radius 3 is 2.79 bits per heavy atom. The van der Waals surface area contributed by atoms with Crippen molar-refractivity contribution in [3.05, 3.63) is 41.4 Å². The highest BCUT2D eigenvalue weighted by Gasteiger charge is 2.06. The summed E-state index contributed by atoms with van der Waals surface area (Å²) in [4.78, 5) is 4.03. The topological polar surface area (TPSA) is 27.1 Å². The molecular formula is C10H9BrN2O. The summed E-state index contributed by atoms with van der Waals surface area (Å²) in [6.07, 6.45) is 3.48. The molecule has 0 radical (unpaired) electrons. The normalized spacial score (nSPS) is 10.1. The molecule has 0 saturated carbocycles. The molecule has 2 aromatic rings. The number of hydrogen-bond acceptors (Lipinski definition) is 2. The van der Waals surface area contributed by atoms with Crippen LogP contribution in [0, 0.1) is 0 Å². The summed E-state index contributed by atoms with van der Waals surface area (Å²) < 4.78 is 8.07.